The highest BCUT2D eigenvalue weighted by atomic mass is 35.5. The van der Waals surface area contributed by atoms with E-state index in [1.807, 2.05) is 36.4 Å². The summed E-state index contributed by atoms with van der Waals surface area (Å²) in [4.78, 5) is -0.0294. The number of methoxy groups -OCH3 is 1. The van der Waals surface area contributed by atoms with Gasteiger partial charge < -0.3 is 9.47 Å². The highest BCUT2D eigenvalue weighted by molar-refractivity contribution is 7.89. The molecule has 3 aromatic carbocycles. The normalized spacial score (nSPS) is 11.0. The molecule has 0 unspecified atom stereocenters. The lowest BCUT2D eigenvalue weighted by Gasteiger charge is -2.13. The second kappa shape index (κ2) is 9.63. The van der Waals surface area contributed by atoms with Gasteiger partial charge in [0, 0.05) is 6.54 Å². The minimum absolute atomic E-state index is 0.0294. The summed E-state index contributed by atoms with van der Waals surface area (Å²) in [6.07, 6.45) is 0. The minimum Gasteiger partial charge on any atom is -0.493 e. The Kier molecular flexibility index (Phi) is 6.95. The summed E-state index contributed by atoms with van der Waals surface area (Å²) in [5.74, 6) is 1.06. The molecule has 154 valence electrons. The maximum absolute atomic E-state index is 12.5. The number of hydrogen-bond acceptors (Lipinski definition) is 5. The fourth-order valence-electron chi connectivity index (χ4n) is 2.70. The van der Waals surface area contributed by atoms with Gasteiger partial charge in [-0.25, -0.2) is 13.1 Å². The lowest BCUT2D eigenvalue weighted by Crippen LogP contribution is -2.23. The molecule has 3 aromatic rings. The van der Waals surface area contributed by atoms with E-state index >= 15 is 0 Å². The molecular weight excluding hydrogens is 424 g/mol. The summed E-state index contributed by atoms with van der Waals surface area (Å²) in [7, 11) is -2.29. The minimum atomic E-state index is -3.82. The summed E-state index contributed by atoms with van der Waals surface area (Å²) in [5, 5.41) is 9.24. The third-order valence-electron chi connectivity index (χ3n) is 4.30. The van der Waals surface area contributed by atoms with E-state index in [9.17, 15) is 8.42 Å². The number of sulfonamides is 1. The average molecular weight is 443 g/mol. The molecule has 0 bridgehead atoms. The van der Waals surface area contributed by atoms with E-state index in [1.54, 1.807) is 18.2 Å². The topological polar surface area (TPSA) is 88.4 Å². The monoisotopic (exact) mass is 442 g/mol. The summed E-state index contributed by atoms with van der Waals surface area (Å²) in [6, 6.07) is 20.8. The standard InChI is InChI=1S/C22H19ClN2O4S/c1-28-22-11-17(7-10-21(22)29-15-16-5-3-2-4-6-16)14-25-30(26,27)19-8-9-20(23)18(12-19)13-24/h2-12,25H,14-15H2,1H3. The fourth-order valence-corrected chi connectivity index (χ4v) is 3.90. The van der Waals surface area contributed by atoms with E-state index in [0.717, 1.165) is 5.56 Å². The van der Waals surface area contributed by atoms with Gasteiger partial charge in [-0.2, -0.15) is 5.26 Å². The maximum Gasteiger partial charge on any atom is 0.240 e. The van der Waals surface area contributed by atoms with Crippen molar-refractivity contribution in [3.63, 3.8) is 0 Å². The molecule has 0 radical (unpaired) electrons. The van der Waals surface area contributed by atoms with Crippen molar-refractivity contribution in [2.75, 3.05) is 7.11 Å². The molecule has 0 atom stereocenters. The molecule has 6 nitrogen and oxygen atoms in total. The maximum atomic E-state index is 12.5. The van der Waals surface area contributed by atoms with Crippen LogP contribution in [0.15, 0.2) is 71.6 Å². The number of halogens is 1. The van der Waals surface area contributed by atoms with E-state index in [1.165, 1.54) is 25.3 Å². The third-order valence-corrected chi connectivity index (χ3v) is 6.03. The lowest BCUT2D eigenvalue weighted by molar-refractivity contribution is 0.284. The van der Waals surface area contributed by atoms with E-state index in [4.69, 9.17) is 26.3 Å². The van der Waals surface area contributed by atoms with Crippen LogP contribution in [0.1, 0.15) is 16.7 Å². The highest BCUT2D eigenvalue weighted by Crippen LogP contribution is 2.29. The smallest absolute Gasteiger partial charge is 0.240 e. The molecule has 3 rings (SSSR count). The van der Waals surface area contributed by atoms with Gasteiger partial charge in [0.15, 0.2) is 11.5 Å². The van der Waals surface area contributed by atoms with Crippen LogP contribution in [0, 0.1) is 11.3 Å². The Bertz CT molecular complexity index is 1180. The van der Waals surface area contributed by atoms with Gasteiger partial charge in [0.1, 0.15) is 12.7 Å². The van der Waals surface area contributed by atoms with Crippen molar-refractivity contribution in [1.29, 1.82) is 5.26 Å². The molecule has 8 heteroatoms. The van der Waals surface area contributed by atoms with Crippen molar-refractivity contribution in [3.8, 4) is 17.6 Å². The molecule has 0 saturated carbocycles. The number of rotatable bonds is 8. The van der Waals surface area contributed by atoms with Gasteiger partial charge in [-0.15, -0.1) is 0 Å². The van der Waals surface area contributed by atoms with Gasteiger partial charge in [-0.3, -0.25) is 0 Å². The predicted octanol–water partition coefficient (Wildman–Crippen LogP) is 4.28. The number of benzene rings is 3. The Labute approximate surface area is 180 Å². The van der Waals surface area contributed by atoms with E-state index in [-0.39, 0.29) is 22.0 Å². The number of nitrogens with zero attached hydrogens (tertiary/aromatic N) is 1. The third kappa shape index (κ3) is 5.30. The highest BCUT2D eigenvalue weighted by Gasteiger charge is 2.16. The van der Waals surface area contributed by atoms with Crippen molar-refractivity contribution in [2.24, 2.45) is 0 Å². The summed E-state index contributed by atoms with van der Waals surface area (Å²) >= 11 is 5.87. The van der Waals surface area contributed by atoms with Crippen LogP contribution in [0.3, 0.4) is 0 Å². The first-order valence-corrected chi connectivity index (χ1v) is 10.8. The van der Waals surface area contributed by atoms with Crippen LogP contribution < -0.4 is 14.2 Å². The van der Waals surface area contributed by atoms with Crippen LogP contribution in [0.2, 0.25) is 5.02 Å². The predicted molar refractivity (Wildman–Crippen MR) is 114 cm³/mol. The lowest BCUT2D eigenvalue weighted by atomic mass is 10.2. The van der Waals surface area contributed by atoms with Crippen LogP contribution >= 0.6 is 11.6 Å². The van der Waals surface area contributed by atoms with Crippen molar-refractivity contribution in [3.05, 3.63) is 88.4 Å². The summed E-state index contributed by atoms with van der Waals surface area (Å²) < 4.78 is 38.8. The van der Waals surface area contributed by atoms with Crippen molar-refractivity contribution in [1.82, 2.24) is 4.72 Å². The Morgan fingerprint density at radius 2 is 1.77 bits per heavy atom. The van der Waals surface area contributed by atoms with E-state index < -0.39 is 10.0 Å². The molecule has 1 N–H and O–H groups in total. The molecule has 0 aliphatic carbocycles. The van der Waals surface area contributed by atoms with Crippen LogP contribution in [-0.2, 0) is 23.2 Å². The first kappa shape index (κ1) is 21.7. The first-order chi connectivity index (χ1) is 14.4. The van der Waals surface area contributed by atoms with Crippen molar-refractivity contribution < 1.29 is 17.9 Å². The number of nitriles is 1. The number of hydrogen-bond donors (Lipinski definition) is 1. The number of ether oxygens (including phenoxy) is 2. The van der Waals surface area contributed by atoms with Gasteiger partial charge >= 0.3 is 0 Å². The van der Waals surface area contributed by atoms with E-state index in [0.29, 0.717) is 23.7 Å². The largest absolute Gasteiger partial charge is 0.493 e. The molecule has 0 spiro atoms. The second-order valence-corrected chi connectivity index (χ2v) is 8.51. The second-order valence-electron chi connectivity index (χ2n) is 6.34. The fraction of sp³-hybridized carbons (Fsp3) is 0.136. The molecule has 0 amide bonds. The van der Waals surface area contributed by atoms with Gasteiger partial charge in [0.2, 0.25) is 10.0 Å². The Morgan fingerprint density at radius 3 is 2.47 bits per heavy atom. The van der Waals surface area contributed by atoms with Crippen LogP contribution in [-0.4, -0.2) is 15.5 Å². The molecule has 0 heterocycles. The van der Waals surface area contributed by atoms with Crippen LogP contribution in [0.4, 0.5) is 0 Å². The van der Waals surface area contributed by atoms with Gasteiger partial charge in [-0.05, 0) is 41.5 Å². The van der Waals surface area contributed by atoms with Gasteiger partial charge in [0.05, 0.1) is 22.6 Å². The molecule has 0 saturated heterocycles. The average Bonchev–Trinajstić information content (AvgIpc) is 2.77. The Balaban J connectivity index is 1.70. The summed E-state index contributed by atoms with van der Waals surface area (Å²) in [6.45, 7) is 0.434. The molecule has 0 fully saturated rings. The number of nitrogens with one attached hydrogen (secondary N) is 1. The van der Waals surface area contributed by atoms with E-state index in [2.05, 4.69) is 4.72 Å². The van der Waals surface area contributed by atoms with Crippen LogP contribution in [0.25, 0.3) is 0 Å². The molecule has 30 heavy (non-hydrogen) atoms. The molecule has 0 aliphatic rings. The van der Waals surface area contributed by atoms with Gasteiger partial charge in [0.25, 0.3) is 0 Å². The Morgan fingerprint density at radius 1 is 1.00 bits per heavy atom. The molecule has 0 aliphatic heterocycles. The zero-order valence-electron chi connectivity index (χ0n) is 16.1. The zero-order valence-corrected chi connectivity index (χ0v) is 17.7. The van der Waals surface area contributed by atoms with Crippen molar-refractivity contribution >= 4 is 21.6 Å². The first-order valence-electron chi connectivity index (χ1n) is 8.96. The van der Waals surface area contributed by atoms with Gasteiger partial charge in [-0.1, -0.05) is 48.0 Å². The molecular formula is C22H19ClN2O4S. The zero-order chi connectivity index (χ0) is 21.6. The SMILES string of the molecule is COc1cc(CNS(=O)(=O)c2ccc(Cl)c(C#N)c2)ccc1OCc1ccccc1. The van der Waals surface area contributed by atoms with Crippen LogP contribution in [0.5, 0.6) is 11.5 Å². The summed E-state index contributed by atoms with van der Waals surface area (Å²) in [5.41, 5.74) is 1.81. The Hall–Kier alpha value is -3.05. The van der Waals surface area contributed by atoms with Crippen molar-refractivity contribution in [2.45, 2.75) is 18.0 Å². The molecule has 0 aromatic heterocycles. The quantitative estimate of drug-likeness (QED) is 0.562.